The van der Waals surface area contributed by atoms with Crippen LogP contribution in [0.15, 0.2) is 97.1 Å². The highest BCUT2D eigenvalue weighted by atomic mass is 16.6. The summed E-state index contributed by atoms with van der Waals surface area (Å²) >= 11 is 0. The number of hydroxylamine groups is 3. The highest BCUT2D eigenvalue weighted by Gasteiger charge is 2.33. The molecule has 1 aliphatic rings. The Bertz CT molecular complexity index is 1390. The first-order chi connectivity index (χ1) is 17.5. The average molecular weight is 483 g/mol. The maximum absolute atomic E-state index is 14.3. The number of nitro groups is 1. The topological polar surface area (TPSA) is 84.7 Å². The molecule has 7 heteroatoms. The number of benzene rings is 4. The Hall–Kier alpha value is -4.20. The van der Waals surface area contributed by atoms with Gasteiger partial charge in [-0.15, -0.1) is 0 Å². The fraction of sp³-hybridized carbons (Fsp3) is 0.172. The lowest BCUT2D eigenvalue weighted by molar-refractivity contribution is -0.909. The number of nitro benzene ring substituents is 1. The number of ether oxygens (including phenoxy) is 2. The fourth-order valence-corrected chi connectivity index (χ4v) is 4.83. The van der Waals surface area contributed by atoms with Crippen molar-refractivity contribution in [1.82, 2.24) is 0 Å². The van der Waals surface area contributed by atoms with Crippen LogP contribution in [0.4, 0.5) is 5.69 Å². The average Bonchev–Trinajstić information content (AvgIpc) is 3.04. The summed E-state index contributed by atoms with van der Waals surface area (Å²) in [5, 5.41) is 25.7. The summed E-state index contributed by atoms with van der Waals surface area (Å²) in [6.45, 7) is 0.717. The van der Waals surface area contributed by atoms with Gasteiger partial charge in [-0.2, -0.15) is 0 Å². The third-order valence-corrected chi connectivity index (χ3v) is 6.52. The third-order valence-electron chi connectivity index (χ3n) is 6.52. The molecule has 7 nitrogen and oxygen atoms in total. The van der Waals surface area contributed by atoms with E-state index in [-0.39, 0.29) is 30.2 Å². The number of nitrogens with zero attached hydrogens (tertiary/aromatic N) is 2. The van der Waals surface area contributed by atoms with Crippen molar-refractivity contribution < 1.29 is 19.0 Å². The predicted molar refractivity (Wildman–Crippen MR) is 137 cm³/mol. The van der Waals surface area contributed by atoms with Gasteiger partial charge < -0.3 is 19.3 Å². The van der Waals surface area contributed by atoms with E-state index < -0.39 is 10.8 Å². The summed E-state index contributed by atoms with van der Waals surface area (Å²) in [4.78, 5) is 11.1. The molecule has 2 atom stereocenters. The molecule has 0 N–H and O–H groups in total. The molecule has 0 spiro atoms. The van der Waals surface area contributed by atoms with Crippen molar-refractivity contribution in [3.05, 3.63) is 129 Å². The van der Waals surface area contributed by atoms with Crippen molar-refractivity contribution in [1.29, 1.82) is 0 Å². The number of hydrogen-bond donors (Lipinski definition) is 0. The van der Waals surface area contributed by atoms with Crippen molar-refractivity contribution in [3.63, 3.8) is 0 Å². The van der Waals surface area contributed by atoms with E-state index >= 15 is 0 Å². The van der Waals surface area contributed by atoms with Gasteiger partial charge in [0.2, 0.25) is 0 Å². The standard InChI is InChI=1S/C29H26N2O5/c1-35-28-13-7-4-10-25(28)29-20-31(34,19-23-8-2-6-12-27(23)36-29)18-21-14-16-22(17-15-21)24-9-3-5-11-26(24)30(32)33/h2-17,29H,18-20H2,1H3. The lowest BCUT2D eigenvalue weighted by atomic mass is 10.0. The second-order valence-electron chi connectivity index (χ2n) is 8.98. The van der Waals surface area contributed by atoms with Crippen LogP contribution in [0.5, 0.6) is 11.5 Å². The van der Waals surface area contributed by atoms with E-state index in [4.69, 9.17) is 9.47 Å². The zero-order valence-electron chi connectivity index (χ0n) is 19.9. The Morgan fingerprint density at radius 2 is 1.64 bits per heavy atom. The molecule has 36 heavy (non-hydrogen) atoms. The van der Waals surface area contributed by atoms with E-state index in [1.807, 2.05) is 72.8 Å². The number of quaternary nitrogens is 1. The lowest BCUT2D eigenvalue weighted by Gasteiger charge is -2.43. The van der Waals surface area contributed by atoms with E-state index in [1.54, 1.807) is 25.3 Å². The highest BCUT2D eigenvalue weighted by Crippen LogP contribution is 2.38. The van der Waals surface area contributed by atoms with E-state index in [1.165, 1.54) is 6.07 Å². The molecule has 4 aromatic carbocycles. The fourth-order valence-electron chi connectivity index (χ4n) is 4.83. The van der Waals surface area contributed by atoms with Crippen LogP contribution in [0.1, 0.15) is 22.8 Å². The molecule has 5 rings (SSSR count). The van der Waals surface area contributed by atoms with Crippen molar-refractivity contribution in [2.75, 3.05) is 13.7 Å². The number of hydrogen-bond acceptors (Lipinski definition) is 5. The van der Waals surface area contributed by atoms with Crippen LogP contribution in [0.2, 0.25) is 0 Å². The smallest absolute Gasteiger partial charge is 0.277 e. The van der Waals surface area contributed by atoms with Gasteiger partial charge in [0.25, 0.3) is 5.69 Å². The third kappa shape index (κ3) is 4.79. The first kappa shape index (κ1) is 23.5. The van der Waals surface area contributed by atoms with Crippen molar-refractivity contribution >= 4 is 5.69 Å². The van der Waals surface area contributed by atoms with Crippen LogP contribution in [0.3, 0.4) is 0 Å². The second kappa shape index (κ2) is 9.81. The van der Waals surface area contributed by atoms with Gasteiger partial charge >= 0.3 is 0 Å². The van der Waals surface area contributed by atoms with Crippen LogP contribution in [0, 0.1) is 15.3 Å². The number of fused-ring (bicyclic) bond motifs is 1. The molecule has 0 saturated carbocycles. The number of methoxy groups -OCH3 is 1. The van der Waals surface area contributed by atoms with Gasteiger partial charge in [-0.25, -0.2) is 0 Å². The summed E-state index contributed by atoms with van der Waals surface area (Å²) in [5.74, 6) is 1.39. The monoisotopic (exact) mass is 482 g/mol. The Morgan fingerprint density at radius 1 is 0.944 bits per heavy atom. The number of rotatable bonds is 6. The molecule has 0 aliphatic carbocycles. The molecule has 0 saturated heterocycles. The molecule has 2 unspecified atom stereocenters. The summed E-state index contributed by atoms with van der Waals surface area (Å²) < 4.78 is 11.4. The molecular formula is C29H26N2O5. The van der Waals surface area contributed by atoms with E-state index in [2.05, 4.69) is 0 Å². The normalized spacial score (nSPS) is 19.0. The SMILES string of the molecule is COc1ccccc1C1C[N+]([O-])(Cc2ccc(-c3ccccc3[N+](=O)[O-])cc2)Cc2ccccc2O1. The van der Waals surface area contributed by atoms with Gasteiger partial charge in [0.05, 0.1) is 17.6 Å². The van der Waals surface area contributed by atoms with Gasteiger partial charge in [0.15, 0.2) is 6.10 Å². The van der Waals surface area contributed by atoms with Gasteiger partial charge in [-0.1, -0.05) is 66.7 Å². The molecule has 0 fully saturated rings. The predicted octanol–water partition coefficient (Wildman–Crippen LogP) is 6.42. The highest BCUT2D eigenvalue weighted by molar-refractivity contribution is 5.73. The summed E-state index contributed by atoms with van der Waals surface area (Å²) in [6, 6.07) is 29.3. The summed E-state index contributed by atoms with van der Waals surface area (Å²) in [6.07, 6.45) is -0.478. The Labute approximate surface area is 209 Å². The molecule has 0 radical (unpaired) electrons. The van der Waals surface area contributed by atoms with Gasteiger partial charge in [-0.3, -0.25) is 10.1 Å². The Balaban J connectivity index is 1.46. The van der Waals surface area contributed by atoms with Crippen LogP contribution in [-0.2, 0) is 13.1 Å². The van der Waals surface area contributed by atoms with E-state index in [0.717, 1.165) is 22.3 Å². The van der Waals surface area contributed by atoms with Crippen LogP contribution >= 0.6 is 0 Å². The molecule has 4 aromatic rings. The van der Waals surface area contributed by atoms with E-state index in [9.17, 15) is 15.3 Å². The maximum Gasteiger partial charge on any atom is 0.277 e. The summed E-state index contributed by atoms with van der Waals surface area (Å²) in [5.41, 5.74) is 3.89. The zero-order chi connectivity index (χ0) is 25.1. The molecule has 0 bridgehead atoms. The van der Waals surface area contributed by atoms with Gasteiger partial charge in [0.1, 0.15) is 31.1 Å². The first-order valence-corrected chi connectivity index (χ1v) is 11.7. The minimum absolute atomic E-state index is 0.0542. The van der Waals surface area contributed by atoms with Crippen molar-refractivity contribution in [3.8, 4) is 22.6 Å². The first-order valence-electron chi connectivity index (χ1n) is 11.7. The molecule has 0 amide bonds. The summed E-state index contributed by atoms with van der Waals surface area (Å²) in [7, 11) is 1.61. The minimum atomic E-state index is -0.509. The minimum Gasteiger partial charge on any atom is -0.632 e. The van der Waals surface area contributed by atoms with E-state index in [0.29, 0.717) is 17.1 Å². The quantitative estimate of drug-likeness (QED) is 0.137. The van der Waals surface area contributed by atoms with Crippen molar-refractivity contribution in [2.45, 2.75) is 19.2 Å². The van der Waals surface area contributed by atoms with Gasteiger partial charge in [-0.05, 0) is 29.8 Å². The molecule has 1 aliphatic heterocycles. The lowest BCUT2D eigenvalue weighted by Crippen LogP contribution is -2.43. The largest absolute Gasteiger partial charge is 0.632 e. The maximum atomic E-state index is 14.3. The molecule has 182 valence electrons. The van der Waals surface area contributed by atoms with Crippen LogP contribution < -0.4 is 9.47 Å². The second-order valence-corrected chi connectivity index (χ2v) is 8.98. The molecule has 1 heterocycles. The molecule has 0 aromatic heterocycles. The van der Waals surface area contributed by atoms with Gasteiger partial charge in [0, 0.05) is 22.8 Å². The van der Waals surface area contributed by atoms with Crippen LogP contribution in [-0.4, -0.2) is 23.2 Å². The van der Waals surface area contributed by atoms with Crippen molar-refractivity contribution in [2.24, 2.45) is 0 Å². The number of para-hydroxylation sites is 3. The van der Waals surface area contributed by atoms with Crippen LogP contribution in [0.25, 0.3) is 11.1 Å². The Morgan fingerprint density at radius 3 is 2.42 bits per heavy atom. The zero-order valence-corrected chi connectivity index (χ0v) is 19.9. The Kier molecular flexibility index (Phi) is 6.41. The molecular weight excluding hydrogens is 456 g/mol.